The topological polar surface area (TPSA) is 21.3 Å². The van der Waals surface area contributed by atoms with E-state index in [1.807, 2.05) is 11.3 Å². The number of ether oxygens (including phenoxy) is 1. The van der Waals surface area contributed by atoms with Gasteiger partial charge >= 0.3 is 0 Å². The van der Waals surface area contributed by atoms with E-state index in [4.69, 9.17) is 4.74 Å². The zero-order chi connectivity index (χ0) is 12.8. The molecular weight excluding hydrogens is 310 g/mol. The highest BCUT2D eigenvalue weighted by molar-refractivity contribution is 9.11. The van der Waals surface area contributed by atoms with Gasteiger partial charge in [0.25, 0.3) is 0 Å². The molecular formula is C14H22BrNOS. The predicted octanol–water partition coefficient (Wildman–Crippen LogP) is 3.85. The molecule has 4 heteroatoms. The van der Waals surface area contributed by atoms with E-state index in [-0.39, 0.29) is 0 Å². The molecule has 0 saturated carbocycles. The van der Waals surface area contributed by atoms with Crippen molar-refractivity contribution in [3.63, 3.8) is 0 Å². The molecule has 0 spiro atoms. The van der Waals surface area contributed by atoms with Gasteiger partial charge in [0.05, 0.1) is 3.79 Å². The van der Waals surface area contributed by atoms with Crippen LogP contribution in [0.1, 0.15) is 31.1 Å². The van der Waals surface area contributed by atoms with Crippen molar-refractivity contribution in [2.24, 2.45) is 5.92 Å². The van der Waals surface area contributed by atoms with Crippen molar-refractivity contribution in [1.82, 2.24) is 5.32 Å². The van der Waals surface area contributed by atoms with Crippen LogP contribution in [0, 0.1) is 5.92 Å². The minimum Gasteiger partial charge on any atom is -0.381 e. The van der Waals surface area contributed by atoms with Gasteiger partial charge in [-0.2, -0.15) is 0 Å². The molecule has 0 aliphatic carbocycles. The Balaban J connectivity index is 1.94. The van der Waals surface area contributed by atoms with Crippen molar-refractivity contribution < 1.29 is 4.74 Å². The minimum absolute atomic E-state index is 0.611. The summed E-state index contributed by atoms with van der Waals surface area (Å²) in [5, 5.41) is 3.73. The van der Waals surface area contributed by atoms with Crippen LogP contribution >= 0.6 is 27.3 Å². The second-order valence-electron chi connectivity index (χ2n) is 4.92. The normalized spacial score (nSPS) is 19.0. The summed E-state index contributed by atoms with van der Waals surface area (Å²) in [6.45, 7) is 5.22. The zero-order valence-electron chi connectivity index (χ0n) is 11.0. The lowest BCUT2D eigenvalue weighted by Gasteiger charge is -2.31. The van der Waals surface area contributed by atoms with E-state index >= 15 is 0 Å². The summed E-state index contributed by atoms with van der Waals surface area (Å²) in [5.74, 6) is 0.770. The molecule has 0 amide bonds. The molecule has 1 fully saturated rings. The van der Waals surface area contributed by atoms with Gasteiger partial charge in [-0.25, -0.2) is 0 Å². The van der Waals surface area contributed by atoms with Crippen LogP contribution in [-0.4, -0.2) is 25.8 Å². The zero-order valence-corrected chi connectivity index (χ0v) is 13.4. The molecule has 1 aromatic rings. The summed E-state index contributed by atoms with van der Waals surface area (Å²) in [4.78, 5) is 1.47. The minimum atomic E-state index is 0.611. The van der Waals surface area contributed by atoms with Gasteiger partial charge in [0.2, 0.25) is 0 Å². The average molecular weight is 332 g/mol. The molecule has 1 N–H and O–H groups in total. The maximum atomic E-state index is 5.48. The van der Waals surface area contributed by atoms with E-state index in [0.29, 0.717) is 6.04 Å². The van der Waals surface area contributed by atoms with E-state index in [0.717, 1.165) is 32.1 Å². The predicted molar refractivity (Wildman–Crippen MR) is 81.3 cm³/mol. The van der Waals surface area contributed by atoms with Gasteiger partial charge in [0.1, 0.15) is 0 Å². The molecule has 0 bridgehead atoms. The average Bonchev–Trinajstić information content (AvgIpc) is 2.81. The highest BCUT2D eigenvalue weighted by atomic mass is 79.9. The van der Waals surface area contributed by atoms with Crippen LogP contribution in [0.4, 0.5) is 0 Å². The second-order valence-corrected chi connectivity index (χ2v) is 7.47. The van der Waals surface area contributed by atoms with Gasteiger partial charge in [-0.15, -0.1) is 11.3 Å². The SMILES string of the molecule is CCCNC(Cc1ccc(Br)s1)C1CCOCC1. The van der Waals surface area contributed by atoms with Gasteiger partial charge in [-0.1, -0.05) is 6.92 Å². The number of hydrogen-bond acceptors (Lipinski definition) is 3. The first-order chi connectivity index (χ1) is 8.79. The fourth-order valence-corrected chi connectivity index (χ4v) is 4.07. The van der Waals surface area contributed by atoms with Crippen LogP contribution in [0.3, 0.4) is 0 Å². The summed E-state index contributed by atoms with van der Waals surface area (Å²) >= 11 is 5.41. The molecule has 1 saturated heterocycles. The summed E-state index contributed by atoms with van der Waals surface area (Å²) in [7, 11) is 0. The number of rotatable bonds is 6. The molecule has 18 heavy (non-hydrogen) atoms. The molecule has 2 nitrogen and oxygen atoms in total. The first-order valence-electron chi connectivity index (χ1n) is 6.85. The van der Waals surface area contributed by atoms with Crippen molar-refractivity contribution in [1.29, 1.82) is 0 Å². The first kappa shape index (κ1) is 14.5. The molecule has 1 aliphatic rings. The number of hydrogen-bond donors (Lipinski definition) is 1. The van der Waals surface area contributed by atoms with Crippen molar-refractivity contribution in [3.05, 3.63) is 20.8 Å². The quantitative estimate of drug-likeness (QED) is 0.854. The van der Waals surface area contributed by atoms with Gasteiger partial charge in [-0.3, -0.25) is 0 Å². The Morgan fingerprint density at radius 3 is 2.83 bits per heavy atom. The van der Waals surface area contributed by atoms with E-state index in [1.54, 1.807) is 0 Å². The van der Waals surface area contributed by atoms with Crippen LogP contribution in [-0.2, 0) is 11.2 Å². The number of thiophene rings is 1. The largest absolute Gasteiger partial charge is 0.381 e. The standard InChI is InChI=1S/C14H22BrNOS/c1-2-7-16-13(11-5-8-17-9-6-11)10-12-3-4-14(15)18-12/h3-4,11,13,16H,2,5-10H2,1H3. The maximum Gasteiger partial charge on any atom is 0.0701 e. The summed E-state index contributed by atoms with van der Waals surface area (Å²) in [6.07, 6.45) is 4.76. The van der Waals surface area contributed by atoms with Crippen LogP contribution in [0.5, 0.6) is 0 Å². The van der Waals surface area contributed by atoms with Gasteiger partial charge in [0, 0.05) is 24.1 Å². The molecule has 2 heterocycles. The lowest BCUT2D eigenvalue weighted by Crippen LogP contribution is -2.40. The Labute approximate surface area is 122 Å². The lowest BCUT2D eigenvalue weighted by atomic mass is 9.89. The van der Waals surface area contributed by atoms with E-state index < -0.39 is 0 Å². The van der Waals surface area contributed by atoms with Crippen molar-refractivity contribution >= 4 is 27.3 Å². The molecule has 102 valence electrons. The molecule has 0 aromatic carbocycles. The van der Waals surface area contributed by atoms with Crippen molar-refractivity contribution in [2.75, 3.05) is 19.8 Å². The van der Waals surface area contributed by atoms with Crippen molar-refractivity contribution in [3.8, 4) is 0 Å². The third-order valence-corrected chi connectivity index (χ3v) is 5.19. The summed E-state index contributed by atoms with van der Waals surface area (Å²) in [5.41, 5.74) is 0. The Morgan fingerprint density at radius 1 is 1.44 bits per heavy atom. The van der Waals surface area contributed by atoms with Gasteiger partial charge in [0.15, 0.2) is 0 Å². The Morgan fingerprint density at radius 2 is 2.22 bits per heavy atom. The lowest BCUT2D eigenvalue weighted by molar-refractivity contribution is 0.0539. The fourth-order valence-electron chi connectivity index (χ4n) is 2.53. The molecule has 1 aliphatic heterocycles. The van der Waals surface area contributed by atoms with Crippen molar-refractivity contribution in [2.45, 2.75) is 38.6 Å². The monoisotopic (exact) mass is 331 g/mol. The maximum absolute atomic E-state index is 5.48. The Bertz CT molecular complexity index is 349. The van der Waals surface area contributed by atoms with Crippen LogP contribution in [0.15, 0.2) is 15.9 Å². The number of halogens is 1. The molecule has 1 aromatic heterocycles. The molecule has 2 rings (SSSR count). The van der Waals surface area contributed by atoms with Crippen LogP contribution in [0.25, 0.3) is 0 Å². The fraction of sp³-hybridized carbons (Fsp3) is 0.714. The second kappa shape index (κ2) is 7.63. The third kappa shape index (κ3) is 4.34. The first-order valence-corrected chi connectivity index (χ1v) is 8.46. The van der Waals surface area contributed by atoms with E-state index in [2.05, 4.69) is 40.3 Å². The van der Waals surface area contributed by atoms with E-state index in [9.17, 15) is 0 Å². The highest BCUT2D eigenvalue weighted by Crippen LogP contribution is 2.27. The molecule has 1 atom stereocenters. The van der Waals surface area contributed by atoms with Crippen LogP contribution in [0.2, 0.25) is 0 Å². The summed E-state index contributed by atoms with van der Waals surface area (Å²) in [6, 6.07) is 5.01. The van der Waals surface area contributed by atoms with Gasteiger partial charge < -0.3 is 10.1 Å². The third-order valence-electron chi connectivity index (χ3n) is 3.54. The smallest absolute Gasteiger partial charge is 0.0701 e. The summed E-state index contributed by atoms with van der Waals surface area (Å²) < 4.78 is 6.71. The van der Waals surface area contributed by atoms with Gasteiger partial charge in [-0.05, 0) is 66.2 Å². The molecule has 1 unspecified atom stereocenters. The highest BCUT2D eigenvalue weighted by Gasteiger charge is 2.24. The Kier molecular flexibility index (Phi) is 6.15. The Hall–Kier alpha value is 0.1000. The van der Waals surface area contributed by atoms with E-state index in [1.165, 1.54) is 27.9 Å². The number of nitrogens with one attached hydrogen (secondary N) is 1. The molecule has 0 radical (unpaired) electrons. The van der Waals surface area contributed by atoms with Crippen LogP contribution < -0.4 is 5.32 Å².